The molecule has 4 rings (SSSR count). The van der Waals surface area contributed by atoms with Gasteiger partial charge in [0.15, 0.2) is 6.29 Å². The van der Waals surface area contributed by atoms with Crippen molar-refractivity contribution in [3.63, 3.8) is 0 Å². The van der Waals surface area contributed by atoms with Crippen LogP contribution in [0.3, 0.4) is 0 Å². The van der Waals surface area contributed by atoms with Crippen molar-refractivity contribution in [1.29, 1.82) is 0 Å². The first-order valence-electron chi connectivity index (χ1n) is 14.1. The fourth-order valence-corrected chi connectivity index (χ4v) is 5.51. The van der Waals surface area contributed by atoms with E-state index in [-0.39, 0.29) is 31.1 Å². The smallest absolute Gasteiger partial charge is 0.303 e. The maximum Gasteiger partial charge on any atom is 0.303 e. The SMILES string of the molecule is O=C(O)CCCCCCC(=O)NCc1ccc([C@H]2O[C@@H](CSc3ccccn3)C[C@@H](c3ccc(CO)cc3)O2)cc1. The Morgan fingerprint density at radius 2 is 1.59 bits per heavy atom. The highest BCUT2D eigenvalue weighted by atomic mass is 32.2. The summed E-state index contributed by atoms with van der Waals surface area (Å²) in [5, 5.41) is 22.0. The lowest BCUT2D eigenvalue weighted by Gasteiger charge is -2.36. The van der Waals surface area contributed by atoms with Gasteiger partial charge in [-0.25, -0.2) is 4.98 Å². The molecule has 9 heteroatoms. The number of aliphatic carboxylic acids is 1. The van der Waals surface area contributed by atoms with E-state index in [1.54, 1.807) is 18.0 Å². The number of benzene rings is 2. The van der Waals surface area contributed by atoms with Crippen LogP contribution in [0.5, 0.6) is 0 Å². The number of hydrogen-bond donors (Lipinski definition) is 3. The molecule has 2 heterocycles. The molecule has 3 atom stereocenters. The monoisotopic (exact) mass is 578 g/mol. The topological polar surface area (TPSA) is 118 Å². The van der Waals surface area contributed by atoms with Crippen LogP contribution in [0.15, 0.2) is 78.0 Å². The van der Waals surface area contributed by atoms with Gasteiger partial charge in [0.1, 0.15) is 0 Å². The van der Waals surface area contributed by atoms with Crippen molar-refractivity contribution >= 4 is 23.6 Å². The summed E-state index contributed by atoms with van der Waals surface area (Å²) in [5.41, 5.74) is 3.80. The Bertz CT molecular complexity index is 1220. The molecule has 1 aliphatic heterocycles. The molecule has 1 fully saturated rings. The first-order valence-corrected chi connectivity index (χ1v) is 15.1. The molecular weight excluding hydrogens is 540 g/mol. The van der Waals surface area contributed by atoms with Crippen LogP contribution >= 0.6 is 11.8 Å². The summed E-state index contributed by atoms with van der Waals surface area (Å²) < 4.78 is 12.8. The van der Waals surface area contributed by atoms with E-state index in [4.69, 9.17) is 14.6 Å². The van der Waals surface area contributed by atoms with Crippen LogP contribution in [-0.2, 0) is 32.2 Å². The number of carbonyl (C=O) groups is 2. The maximum atomic E-state index is 12.2. The van der Waals surface area contributed by atoms with Crippen LogP contribution in [0.4, 0.5) is 0 Å². The fraction of sp³-hybridized carbons (Fsp3) is 0.406. The van der Waals surface area contributed by atoms with Gasteiger partial charge in [0, 0.05) is 43.3 Å². The van der Waals surface area contributed by atoms with Crippen LogP contribution in [0.1, 0.15) is 79.6 Å². The van der Waals surface area contributed by atoms with Gasteiger partial charge >= 0.3 is 5.97 Å². The zero-order valence-electron chi connectivity index (χ0n) is 23.1. The van der Waals surface area contributed by atoms with E-state index in [9.17, 15) is 14.7 Å². The minimum absolute atomic E-state index is 0.00226. The van der Waals surface area contributed by atoms with Gasteiger partial charge in [0.25, 0.3) is 0 Å². The highest BCUT2D eigenvalue weighted by Gasteiger charge is 2.32. The molecule has 3 N–H and O–H groups in total. The van der Waals surface area contributed by atoms with Crippen molar-refractivity contribution in [1.82, 2.24) is 10.3 Å². The molecule has 1 amide bonds. The van der Waals surface area contributed by atoms with Gasteiger partial charge in [-0.1, -0.05) is 67.4 Å². The number of rotatable bonds is 15. The molecule has 1 saturated heterocycles. The van der Waals surface area contributed by atoms with Crippen LogP contribution < -0.4 is 5.32 Å². The second-order valence-electron chi connectivity index (χ2n) is 10.2. The normalized spacial score (nSPS) is 18.6. The highest BCUT2D eigenvalue weighted by molar-refractivity contribution is 7.99. The van der Waals surface area contributed by atoms with E-state index in [0.717, 1.165) is 52.3 Å². The summed E-state index contributed by atoms with van der Waals surface area (Å²) in [7, 11) is 0. The van der Waals surface area contributed by atoms with E-state index in [2.05, 4.69) is 10.3 Å². The van der Waals surface area contributed by atoms with Crippen molar-refractivity contribution in [2.45, 2.75) is 81.6 Å². The summed E-state index contributed by atoms with van der Waals surface area (Å²) >= 11 is 1.66. The number of hydrogen-bond acceptors (Lipinski definition) is 7. The Labute approximate surface area is 245 Å². The number of unbranched alkanes of at least 4 members (excludes halogenated alkanes) is 3. The number of nitrogens with one attached hydrogen (secondary N) is 1. The Kier molecular flexibility index (Phi) is 12.2. The van der Waals surface area contributed by atoms with Crippen molar-refractivity contribution < 1.29 is 29.3 Å². The molecule has 41 heavy (non-hydrogen) atoms. The molecule has 3 aromatic rings. The predicted molar refractivity (Wildman–Crippen MR) is 157 cm³/mol. The maximum absolute atomic E-state index is 12.2. The van der Waals surface area contributed by atoms with Crippen LogP contribution in [-0.4, -0.2) is 38.9 Å². The number of nitrogens with zero attached hydrogens (tertiary/aromatic N) is 1. The summed E-state index contributed by atoms with van der Waals surface area (Å²) in [6.45, 7) is 0.440. The third-order valence-electron chi connectivity index (χ3n) is 6.96. The molecule has 218 valence electrons. The molecule has 0 radical (unpaired) electrons. The van der Waals surface area contributed by atoms with Crippen LogP contribution in [0.2, 0.25) is 0 Å². The molecule has 1 aromatic heterocycles. The Hall–Kier alpha value is -3.24. The van der Waals surface area contributed by atoms with Crippen LogP contribution in [0.25, 0.3) is 0 Å². The summed E-state index contributed by atoms with van der Waals surface area (Å²) in [6.07, 6.45) is 5.46. The summed E-state index contributed by atoms with van der Waals surface area (Å²) in [5.74, 6) is -0.0381. The zero-order valence-corrected chi connectivity index (χ0v) is 23.9. The molecule has 0 saturated carbocycles. The molecule has 0 aliphatic carbocycles. The number of aromatic nitrogens is 1. The van der Waals surface area contributed by atoms with Gasteiger partial charge in [-0.3, -0.25) is 9.59 Å². The molecule has 0 spiro atoms. The third-order valence-corrected chi connectivity index (χ3v) is 8.03. The first kappa shape index (κ1) is 30.7. The van der Waals surface area contributed by atoms with Crippen molar-refractivity contribution in [2.24, 2.45) is 0 Å². The molecule has 8 nitrogen and oxygen atoms in total. The fourth-order valence-electron chi connectivity index (χ4n) is 4.63. The van der Waals surface area contributed by atoms with E-state index >= 15 is 0 Å². The van der Waals surface area contributed by atoms with Gasteiger partial charge < -0.3 is 25.0 Å². The van der Waals surface area contributed by atoms with E-state index in [1.165, 1.54) is 0 Å². The highest BCUT2D eigenvalue weighted by Crippen LogP contribution is 2.39. The minimum Gasteiger partial charge on any atom is -0.481 e. The number of thioether (sulfide) groups is 1. The number of carboxylic acid groups (broad SMARTS) is 1. The second-order valence-corrected chi connectivity index (χ2v) is 11.2. The number of ether oxygens (including phenoxy) is 2. The number of aliphatic hydroxyl groups is 1. The number of carboxylic acids is 1. The number of amides is 1. The summed E-state index contributed by atoms with van der Waals surface area (Å²) in [6, 6.07) is 21.6. The largest absolute Gasteiger partial charge is 0.481 e. The average molecular weight is 579 g/mol. The lowest BCUT2D eigenvalue weighted by Crippen LogP contribution is -2.31. The standard InChI is InChI=1S/C32H38N2O6S/c35-21-24-12-14-25(15-13-24)28-19-27(22-41-30-8-5-6-18-33-30)39-32(40-28)26-16-10-23(11-17-26)20-34-29(36)7-3-1-2-4-9-31(37)38/h5-6,8,10-18,27-28,32,35H,1-4,7,9,19-22H2,(H,34,36)(H,37,38)/t27-,28+,32+/m1/s1. The van der Waals surface area contributed by atoms with E-state index < -0.39 is 12.3 Å². The Balaban J connectivity index is 1.32. The van der Waals surface area contributed by atoms with Gasteiger partial charge in [-0.05, 0) is 41.7 Å². The predicted octanol–water partition coefficient (Wildman–Crippen LogP) is 5.95. The van der Waals surface area contributed by atoms with Crippen molar-refractivity contribution in [3.8, 4) is 0 Å². The van der Waals surface area contributed by atoms with Gasteiger partial charge in [0.05, 0.1) is 23.8 Å². The first-order chi connectivity index (χ1) is 20.0. The van der Waals surface area contributed by atoms with Gasteiger partial charge in [0.2, 0.25) is 5.91 Å². The zero-order chi connectivity index (χ0) is 28.9. The van der Waals surface area contributed by atoms with E-state index in [1.807, 2.05) is 66.7 Å². The molecule has 0 unspecified atom stereocenters. The minimum atomic E-state index is -0.775. The Morgan fingerprint density at radius 3 is 2.27 bits per heavy atom. The number of pyridine rings is 1. The Morgan fingerprint density at radius 1 is 0.878 bits per heavy atom. The summed E-state index contributed by atoms with van der Waals surface area (Å²) in [4.78, 5) is 27.2. The lowest BCUT2D eigenvalue weighted by molar-refractivity contribution is -0.245. The molecule has 2 aromatic carbocycles. The van der Waals surface area contributed by atoms with Gasteiger partial charge in [-0.2, -0.15) is 0 Å². The molecular formula is C32H38N2O6S. The molecule has 1 aliphatic rings. The average Bonchev–Trinajstić information content (AvgIpc) is 3.01. The number of carbonyl (C=O) groups excluding carboxylic acids is 1. The number of aliphatic hydroxyl groups excluding tert-OH is 1. The van der Waals surface area contributed by atoms with Crippen molar-refractivity contribution in [2.75, 3.05) is 5.75 Å². The third kappa shape index (κ3) is 10.3. The van der Waals surface area contributed by atoms with Gasteiger partial charge in [-0.15, -0.1) is 11.8 Å². The molecule has 0 bridgehead atoms. The second kappa shape index (κ2) is 16.3. The van der Waals surface area contributed by atoms with E-state index in [0.29, 0.717) is 25.8 Å². The quantitative estimate of drug-likeness (QED) is 0.150. The van der Waals surface area contributed by atoms with Crippen LogP contribution in [0, 0.1) is 0 Å². The lowest BCUT2D eigenvalue weighted by atomic mass is 10.0. The van der Waals surface area contributed by atoms with Crippen molar-refractivity contribution in [3.05, 3.63) is 95.2 Å².